The van der Waals surface area contributed by atoms with Gasteiger partial charge in [-0.1, -0.05) is 12.1 Å². The third kappa shape index (κ3) is 4.03. The lowest BCUT2D eigenvalue weighted by molar-refractivity contribution is -0.387. The highest BCUT2D eigenvalue weighted by molar-refractivity contribution is 7.98. The zero-order valence-electron chi connectivity index (χ0n) is 14.5. The largest absolute Gasteiger partial charge is 0.462 e. The first-order chi connectivity index (χ1) is 13.0. The maximum atomic E-state index is 12.1. The number of esters is 1. The summed E-state index contributed by atoms with van der Waals surface area (Å²) in [6.07, 6.45) is 2.17. The van der Waals surface area contributed by atoms with Crippen molar-refractivity contribution in [2.45, 2.75) is 17.9 Å². The summed E-state index contributed by atoms with van der Waals surface area (Å²) in [7, 11) is 0. The number of aromatic nitrogens is 2. The minimum Gasteiger partial charge on any atom is -0.462 e. The molecule has 0 radical (unpaired) electrons. The second kappa shape index (κ2) is 8.09. The molecule has 3 aromatic rings. The van der Waals surface area contributed by atoms with Gasteiger partial charge in [-0.25, -0.2) is 9.59 Å². The van der Waals surface area contributed by atoms with Crippen LogP contribution in [0, 0.1) is 10.1 Å². The monoisotopic (exact) mass is 387 g/mol. The fraction of sp³-hybridized carbons (Fsp3) is 0.222. The van der Waals surface area contributed by atoms with Crippen molar-refractivity contribution in [3.05, 3.63) is 68.6 Å². The van der Waals surface area contributed by atoms with Crippen LogP contribution < -0.4 is 5.69 Å². The number of rotatable bonds is 7. The number of nitro groups is 1. The Labute approximate surface area is 158 Å². The highest BCUT2D eigenvalue weighted by Gasteiger charge is 2.17. The van der Waals surface area contributed by atoms with E-state index in [9.17, 15) is 19.7 Å². The molecule has 0 unspecified atom stereocenters. The van der Waals surface area contributed by atoms with Crippen LogP contribution >= 0.6 is 11.8 Å². The molecule has 0 aliphatic carbocycles. The molecule has 0 atom stereocenters. The molecule has 0 saturated heterocycles. The molecule has 0 aliphatic rings. The summed E-state index contributed by atoms with van der Waals surface area (Å²) in [4.78, 5) is 37.9. The van der Waals surface area contributed by atoms with Gasteiger partial charge in [0.25, 0.3) is 5.69 Å². The number of nitro benzene ring substituents is 1. The van der Waals surface area contributed by atoms with Crippen molar-refractivity contribution in [1.29, 1.82) is 0 Å². The molecule has 1 aromatic heterocycles. The number of para-hydroxylation sites is 2. The number of carbonyl (C=O) groups is 1. The van der Waals surface area contributed by atoms with Crippen LogP contribution in [0.15, 0.2) is 52.2 Å². The van der Waals surface area contributed by atoms with Crippen LogP contribution in [-0.2, 0) is 11.3 Å². The smallest absolute Gasteiger partial charge is 0.338 e. The van der Waals surface area contributed by atoms with Gasteiger partial charge in [-0.15, -0.1) is 11.8 Å². The number of fused-ring (bicyclic) bond motifs is 1. The summed E-state index contributed by atoms with van der Waals surface area (Å²) in [6.45, 7) is 0.491. The van der Waals surface area contributed by atoms with Crippen LogP contribution in [0.1, 0.15) is 16.8 Å². The molecule has 1 N–H and O–H groups in total. The van der Waals surface area contributed by atoms with E-state index in [1.807, 2.05) is 24.3 Å². The predicted molar refractivity (Wildman–Crippen MR) is 102 cm³/mol. The third-order valence-electron chi connectivity index (χ3n) is 4.05. The summed E-state index contributed by atoms with van der Waals surface area (Å²) in [5.74, 6) is -0.628. The average Bonchev–Trinajstić information content (AvgIpc) is 2.99. The zero-order valence-corrected chi connectivity index (χ0v) is 15.3. The number of H-pyrrole nitrogens is 1. The average molecular weight is 387 g/mol. The highest BCUT2D eigenvalue weighted by atomic mass is 32.2. The summed E-state index contributed by atoms with van der Waals surface area (Å²) >= 11 is 1.24. The summed E-state index contributed by atoms with van der Waals surface area (Å²) in [5.41, 5.74) is 1.33. The number of imidazole rings is 1. The van der Waals surface area contributed by atoms with Crippen molar-refractivity contribution in [3.8, 4) is 0 Å². The lowest BCUT2D eigenvalue weighted by atomic mass is 10.2. The van der Waals surface area contributed by atoms with Crippen molar-refractivity contribution >= 4 is 34.5 Å². The van der Waals surface area contributed by atoms with Gasteiger partial charge in [0.15, 0.2) is 0 Å². The van der Waals surface area contributed by atoms with E-state index in [-0.39, 0.29) is 23.5 Å². The van der Waals surface area contributed by atoms with E-state index in [1.165, 1.54) is 30.0 Å². The van der Waals surface area contributed by atoms with E-state index < -0.39 is 10.9 Å². The predicted octanol–water partition coefficient (Wildman–Crippen LogP) is 3.21. The molecule has 0 fully saturated rings. The molecule has 3 rings (SSSR count). The summed E-state index contributed by atoms with van der Waals surface area (Å²) in [6, 6.07) is 11.6. The van der Waals surface area contributed by atoms with Crippen LogP contribution in [0.5, 0.6) is 0 Å². The minimum atomic E-state index is -0.628. The van der Waals surface area contributed by atoms with Gasteiger partial charge in [0.05, 0.1) is 33.0 Å². The van der Waals surface area contributed by atoms with E-state index in [4.69, 9.17) is 4.74 Å². The maximum Gasteiger partial charge on any atom is 0.338 e. The Bertz CT molecular complexity index is 1060. The van der Waals surface area contributed by atoms with Gasteiger partial charge in [-0.05, 0) is 36.9 Å². The molecule has 8 nitrogen and oxygen atoms in total. The molecule has 140 valence electrons. The Hall–Kier alpha value is -3.07. The van der Waals surface area contributed by atoms with Gasteiger partial charge in [-0.3, -0.25) is 14.7 Å². The number of hydrogen-bond acceptors (Lipinski definition) is 6. The Balaban J connectivity index is 1.61. The molecular weight excluding hydrogens is 370 g/mol. The first-order valence-electron chi connectivity index (χ1n) is 8.18. The second-order valence-electron chi connectivity index (χ2n) is 5.73. The Morgan fingerprint density at radius 2 is 2.07 bits per heavy atom. The number of thioether (sulfide) groups is 1. The van der Waals surface area contributed by atoms with E-state index in [0.29, 0.717) is 17.9 Å². The van der Waals surface area contributed by atoms with E-state index >= 15 is 0 Å². The fourth-order valence-corrected chi connectivity index (χ4v) is 3.31. The van der Waals surface area contributed by atoms with Crippen LogP contribution in [0.2, 0.25) is 0 Å². The molecule has 0 saturated carbocycles. The third-order valence-corrected chi connectivity index (χ3v) is 4.84. The Morgan fingerprint density at radius 3 is 2.81 bits per heavy atom. The molecule has 1 heterocycles. The van der Waals surface area contributed by atoms with Crippen molar-refractivity contribution in [2.24, 2.45) is 0 Å². The first-order valence-corrected chi connectivity index (χ1v) is 9.41. The van der Waals surface area contributed by atoms with Crippen LogP contribution in [0.25, 0.3) is 11.0 Å². The van der Waals surface area contributed by atoms with Crippen LogP contribution in [0.3, 0.4) is 0 Å². The standard InChI is InChI=1S/C18H17N3O5S/c1-27-16-8-7-12(11-15(16)21(24)25)17(22)26-10-4-9-20-14-6-3-2-5-13(14)19-18(20)23/h2-3,5-8,11H,4,9-10H2,1H3,(H,19,23). The zero-order chi connectivity index (χ0) is 19.4. The Morgan fingerprint density at radius 1 is 1.30 bits per heavy atom. The molecular formula is C18H17N3O5S. The molecule has 0 amide bonds. The van der Waals surface area contributed by atoms with E-state index in [0.717, 1.165) is 11.0 Å². The topological polar surface area (TPSA) is 107 Å². The number of aryl methyl sites for hydroxylation is 1. The summed E-state index contributed by atoms with van der Waals surface area (Å²) < 4.78 is 6.78. The number of nitrogens with zero attached hydrogens (tertiary/aromatic N) is 2. The number of benzene rings is 2. The lowest BCUT2D eigenvalue weighted by Gasteiger charge is -2.07. The highest BCUT2D eigenvalue weighted by Crippen LogP contribution is 2.28. The van der Waals surface area contributed by atoms with Gasteiger partial charge in [-0.2, -0.15) is 0 Å². The quantitative estimate of drug-likeness (QED) is 0.219. The fourth-order valence-electron chi connectivity index (χ4n) is 2.76. The van der Waals surface area contributed by atoms with Gasteiger partial charge >= 0.3 is 11.7 Å². The van der Waals surface area contributed by atoms with Gasteiger partial charge < -0.3 is 9.72 Å². The molecule has 0 aliphatic heterocycles. The van der Waals surface area contributed by atoms with Gasteiger partial charge in [0, 0.05) is 12.6 Å². The molecule has 27 heavy (non-hydrogen) atoms. The van der Waals surface area contributed by atoms with Crippen molar-refractivity contribution < 1.29 is 14.5 Å². The van der Waals surface area contributed by atoms with Crippen LogP contribution in [0.4, 0.5) is 5.69 Å². The van der Waals surface area contributed by atoms with Crippen molar-refractivity contribution in [3.63, 3.8) is 0 Å². The van der Waals surface area contributed by atoms with E-state index in [2.05, 4.69) is 4.98 Å². The van der Waals surface area contributed by atoms with E-state index in [1.54, 1.807) is 10.8 Å². The number of ether oxygens (including phenoxy) is 1. The number of carbonyl (C=O) groups excluding carboxylic acids is 1. The number of hydrogen-bond donors (Lipinski definition) is 1. The normalized spacial score (nSPS) is 10.9. The number of aromatic amines is 1. The van der Waals surface area contributed by atoms with Gasteiger partial charge in [0.2, 0.25) is 0 Å². The molecule has 2 aromatic carbocycles. The first kappa shape index (κ1) is 18.7. The SMILES string of the molecule is CSc1ccc(C(=O)OCCCn2c(=O)[nH]c3ccccc32)cc1[N+](=O)[O-]. The number of nitrogens with one attached hydrogen (secondary N) is 1. The lowest BCUT2D eigenvalue weighted by Crippen LogP contribution is -2.18. The van der Waals surface area contributed by atoms with Gasteiger partial charge in [0.1, 0.15) is 0 Å². The summed E-state index contributed by atoms with van der Waals surface area (Å²) in [5, 5.41) is 11.1. The molecule has 0 spiro atoms. The van der Waals surface area contributed by atoms with Crippen molar-refractivity contribution in [1.82, 2.24) is 9.55 Å². The molecule has 9 heteroatoms. The maximum absolute atomic E-state index is 12.1. The Kier molecular flexibility index (Phi) is 5.60. The molecule has 0 bridgehead atoms. The van der Waals surface area contributed by atoms with Crippen LogP contribution in [-0.4, -0.2) is 33.3 Å². The second-order valence-corrected chi connectivity index (χ2v) is 6.58. The minimum absolute atomic E-state index is 0.100. The van der Waals surface area contributed by atoms with Crippen molar-refractivity contribution in [2.75, 3.05) is 12.9 Å².